The van der Waals surface area contributed by atoms with Crippen molar-refractivity contribution in [3.8, 4) is 17.1 Å². The summed E-state index contributed by atoms with van der Waals surface area (Å²) in [6.07, 6.45) is 4.64. The summed E-state index contributed by atoms with van der Waals surface area (Å²) in [6, 6.07) is 14.9. The van der Waals surface area contributed by atoms with Crippen LogP contribution in [0.2, 0.25) is 0 Å². The predicted octanol–water partition coefficient (Wildman–Crippen LogP) is 5.57. The lowest BCUT2D eigenvalue weighted by Crippen LogP contribution is -2.25. The Labute approximate surface area is 160 Å². The van der Waals surface area contributed by atoms with Gasteiger partial charge in [0.25, 0.3) is 0 Å². The maximum absolute atomic E-state index is 12.4. The van der Waals surface area contributed by atoms with Crippen LogP contribution >= 0.6 is 0 Å². The van der Waals surface area contributed by atoms with Crippen LogP contribution in [-0.2, 0) is 0 Å². The van der Waals surface area contributed by atoms with Gasteiger partial charge in [0.05, 0.1) is 5.39 Å². The Morgan fingerprint density at radius 3 is 2.19 bits per heavy atom. The third-order valence-corrected chi connectivity index (χ3v) is 4.83. The molecule has 0 saturated carbocycles. The first-order valence-electron chi connectivity index (χ1n) is 9.75. The SMILES string of the molecule is CCCCN(CCCC)c1ccc(-c2oc3ccccc3c(=O)c2O)cc1. The van der Waals surface area contributed by atoms with Crippen LogP contribution in [0.5, 0.6) is 5.75 Å². The first-order chi connectivity index (χ1) is 13.2. The number of hydrogen-bond donors (Lipinski definition) is 1. The summed E-state index contributed by atoms with van der Waals surface area (Å²) in [6.45, 7) is 6.47. The minimum absolute atomic E-state index is 0.221. The Morgan fingerprint density at radius 1 is 0.926 bits per heavy atom. The van der Waals surface area contributed by atoms with Gasteiger partial charge in [0.15, 0.2) is 5.76 Å². The molecule has 0 aliphatic rings. The van der Waals surface area contributed by atoms with Gasteiger partial charge in [-0.05, 0) is 49.2 Å². The highest BCUT2D eigenvalue weighted by Crippen LogP contribution is 2.31. The zero-order chi connectivity index (χ0) is 19.2. The van der Waals surface area contributed by atoms with E-state index in [-0.39, 0.29) is 11.5 Å². The highest BCUT2D eigenvalue weighted by Gasteiger charge is 2.15. The summed E-state index contributed by atoms with van der Waals surface area (Å²) in [5, 5.41) is 10.7. The van der Waals surface area contributed by atoms with E-state index in [1.807, 2.05) is 30.3 Å². The molecule has 3 rings (SSSR count). The lowest BCUT2D eigenvalue weighted by molar-refractivity contribution is 0.449. The van der Waals surface area contributed by atoms with Gasteiger partial charge in [0, 0.05) is 24.3 Å². The van der Waals surface area contributed by atoms with E-state index in [4.69, 9.17) is 4.42 Å². The predicted molar refractivity (Wildman–Crippen MR) is 112 cm³/mol. The zero-order valence-corrected chi connectivity index (χ0v) is 16.1. The van der Waals surface area contributed by atoms with E-state index in [0.29, 0.717) is 16.5 Å². The van der Waals surface area contributed by atoms with Crippen LogP contribution in [0, 0.1) is 0 Å². The molecule has 0 spiro atoms. The second-order valence-electron chi connectivity index (χ2n) is 6.85. The summed E-state index contributed by atoms with van der Waals surface area (Å²) in [5.41, 5.74) is 1.93. The Kier molecular flexibility index (Phi) is 6.17. The molecule has 0 amide bonds. The number of aromatic hydroxyl groups is 1. The van der Waals surface area contributed by atoms with E-state index in [9.17, 15) is 9.90 Å². The number of benzene rings is 2. The molecular formula is C23H27NO3. The fourth-order valence-electron chi connectivity index (χ4n) is 3.22. The van der Waals surface area contributed by atoms with Crippen LogP contribution < -0.4 is 10.3 Å². The van der Waals surface area contributed by atoms with E-state index >= 15 is 0 Å². The molecule has 2 aromatic carbocycles. The van der Waals surface area contributed by atoms with Gasteiger partial charge < -0.3 is 14.4 Å². The molecule has 1 heterocycles. The molecule has 3 aromatic rings. The van der Waals surface area contributed by atoms with E-state index in [2.05, 4.69) is 18.7 Å². The maximum Gasteiger partial charge on any atom is 0.235 e. The zero-order valence-electron chi connectivity index (χ0n) is 16.1. The fourth-order valence-corrected chi connectivity index (χ4v) is 3.22. The third kappa shape index (κ3) is 4.16. The Bertz CT molecular complexity index is 936. The van der Waals surface area contributed by atoms with Crippen LogP contribution in [0.15, 0.2) is 57.7 Å². The van der Waals surface area contributed by atoms with Gasteiger partial charge in [-0.3, -0.25) is 4.79 Å². The summed E-state index contributed by atoms with van der Waals surface area (Å²) in [7, 11) is 0. The molecule has 4 nitrogen and oxygen atoms in total. The average Bonchev–Trinajstić information content (AvgIpc) is 2.71. The van der Waals surface area contributed by atoms with Crippen molar-refractivity contribution in [3.63, 3.8) is 0 Å². The quantitative estimate of drug-likeness (QED) is 0.567. The minimum Gasteiger partial charge on any atom is -0.502 e. The first kappa shape index (κ1) is 19.0. The third-order valence-electron chi connectivity index (χ3n) is 4.83. The fraction of sp³-hybridized carbons (Fsp3) is 0.348. The van der Waals surface area contributed by atoms with E-state index in [1.54, 1.807) is 18.2 Å². The Hall–Kier alpha value is -2.75. The molecule has 0 saturated heterocycles. The number of hydrogen-bond acceptors (Lipinski definition) is 4. The summed E-state index contributed by atoms with van der Waals surface area (Å²) < 4.78 is 5.83. The van der Waals surface area contributed by atoms with Crippen molar-refractivity contribution in [2.45, 2.75) is 39.5 Å². The molecule has 27 heavy (non-hydrogen) atoms. The molecule has 0 bridgehead atoms. The van der Waals surface area contributed by atoms with Crippen molar-refractivity contribution in [2.75, 3.05) is 18.0 Å². The van der Waals surface area contributed by atoms with Crippen LogP contribution in [0.3, 0.4) is 0 Å². The highest BCUT2D eigenvalue weighted by molar-refractivity contribution is 5.81. The molecule has 0 atom stereocenters. The van der Waals surface area contributed by atoms with Gasteiger partial charge in [-0.25, -0.2) is 0 Å². The summed E-state index contributed by atoms with van der Waals surface area (Å²) in [5.74, 6) is -0.116. The second-order valence-corrected chi connectivity index (χ2v) is 6.85. The number of fused-ring (bicyclic) bond motifs is 1. The van der Waals surface area contributed by atoms with E-state index in [1.165, 1.54) is 0 Å². The molecule has 1 aromatic heterocycles. The maximum atomic E-state index is 12.4. The number of unbranched alkanes of at least 4 members (excludes halogenated alkanes) is 2. The molecule has 4 heteroatoms. The molecule has 0 aliphatic carbocycles. The van der Waals surface area contributed by atoms with Gasteiger partial charge in [0.1, 0.15) is 5.58 Å². The second kappa shape index (κ2) is 8.76. The Balaban J connectivity index is 1.94. The number of rotatable bonds is 8. The largest absolute Gasteiger partial charge is 0.502 e. The van der Waals surface area contributed by atoms with Gasteiger partial charge in [-0.2, -0.15) is 0 Å². The van der Waals surface area contributed by atoms with Crippen LogP contribution in [-0.4, -0.2) is 18.2 Å². The smallest absolute Gasteiger partial charge is 0.235 e. The van der Waals surface area contributed by atoms with Gasteiger partial charge in [-0.15, -0.1) is 0 Å². The number of anilines is 1. The number of para-hydroxylation sites is 1. The average molecular weight is 365 g/mol. The first-order valence-corrected chi connectivity index (χ1v) is 9.75. The molecule has 1 N–H and O–H groups in total. The number of nitrogens with zero attached hydrogens (tertiary/aromatic N) is 1. The van der Waals surface area contributed by atoms with Crippen LogP contribution in [0.1, 0.15) is 39.5 Å². The molecule has 0 radical (unpaired) electrons. The molecule has 142 valence electrons. The van der Waals surface area contributed by atoms with Crippen molar-refractivity contribution in [1.82, 2.24) is 0 Å². The molecular weight excluding hydrogens is 338 g/mol. The van der Waals surface area contributed by atoms with Crippen molar-refractivity contribution < 1.29 is 9.52 Å². The lowest BCUT2D eigenvalue weighted by Gasteiger charge is -2.25. The van der Waals surface area contributed by atoms with Crippen LogP contribution in [0.4, 0.5) is 5.69 Å². The highest BCUT2D eigenvalue weighted by atomic mass is 16.4. The van der Waals surface area contributed by atoms with Crippen molar-refractivity contribution >= 4 is 16.7 Å². The van der Waals surface area contributed by atoms with Crippen molar-refractivity contribution in [2.24, 2.45) is 0 Å². The normalized spacial score (nSPS) is 11.0. The summed E-state index contributed by atoms with van der Waals surface area (Å²) >= 11 is 0. The standard InChI is InChI=1S/C23H27NO3/c1-3-5-15-24(16-6-4-2)18-13-11-17(12-14-18)23-22(26)21(25)19-9-7-8-10-20(19)27-23/h7-14,26H,3-6,15-16H2,1-2H3. The minimum atomic E-state index is -0.400. The molecule has 0 aliphatic heterocycles. The lowest BCUT2D eigenvalue weighted by atomic mass is 10.1. The topological polar surface area (TPSA) is 53.7 Å². The summed E-state index contributed by atoms with van der Waals surface area (Å²) in [4.78, 5) is 14.8. The molecule has 0 fully saturated rings. The van der Waals surface area contributed by atoms with Gasteiger partial charge in [-0.1, -0.05) is 38.8 Å². The molecule has 0 unspecified atom stereocenters. The van der Waals surface area contributed by atoms with Gasteiger partial charge >= 0.3 is 0 Å². The van der Waals surface area contributed by atoms with Crippen LogP contribution in [0.25, 0.3) is 22.3 Å². The van der Waals surface area contributed by atoms with Crippen molar-refractivity contribution in [1.29, 1.82) is 0 Å². The van der Waals surface area contributed by atoms with Gasteiger partial charge in [0.2, 0.25) is 11.2 Å². The monoisotopic (exact) mass is 365 g/mol. The van der Waals surface area contributed by atoms with E-state index in [0.717, 1.165) is 44.5 Å². The van der Waals surface area contributed by atoms with E-state index < -0.39 is 5.43 Å². The Morgan fingerprint density at radius 2 is 1.56 bits per heavy atom. The van der Waals surface area contributed by atoms with Crippen molar-refractivity contribution in [3.05, 3.63) is 58.8 Å².